The lowest BCUT2D eigenvalue weighted by Gasteiger charge is -2.46. The Morgan fingerprint density at radius 2 is 1.79 bits per heavy atom. The summed E-state index contributed by atoms with van der Waals surface area (Å²) < 4.78 is 0. The molecule has 0 atom stereocenters. The second-order valence-corrected chi connectivity index (χ2v) is 8.25. The van der Waals surface area contributed by atoms with E-state index in [2.05, 4.69) is 31.9 Å². The first-order valence-corrected chi connectivity index (χ1v) is 10.3. The zero-order valence-electron chi connectivity index (χ0n) is 16.5. The van der Waals surface area contributed by atoms with Gasteiger partial charge < -0.3 is 10.6 Å². The molecule has 1 saturated carbocycles. The van der Waals surface area contributed by atoms with E-state index in [9.17, 15) is 0 Å². The van der Waals surface area contributed by atoms with Gasteiger partial charge in [0.2, 0.25) is 0 Å². The molecule has 8 heteroatoms. The lowest BCUT2D eigenvalue weighted by Crippen LogP contribution is -2.53. The minimum atomic E-state index is 0. The number of benzene rings is 1. The third kappa shape index (κ3) is 5.33. The van der Waals surface area contributed by atoms with Crippen molar-refractivity contribution in [2.75, 3.05) is 37.6 Å². The van der Waals surface area contributed by atoms with Crippen LogP contribution in [0, 0.1) is 0 Å². The van der Waals surface area contributed by atoms with Gasteiger partial charge in [-0.15, -0.1) is 24.8 Å². The van der Waals surface area contributed by atoms with E-state index in [0.29, 0.717) is 12.6 Å². The predicted octanol–water partition coefficient (Wildman–Crippen LogP) is 3.93. The first-order chi connectivity index (χ1) is 13.2. The van der Waals surface area contributed by atoms with Gasteiger partial charge >= 0.3 is 0 Å². The summed E-state index contributed by atoms with van der Waals surface area (Å²) in [6, 6.07) is 8.95. The largest absolute Gasteiger partial charge is 0.353 e. The maximum atomic E-state index is 6.25. The van der Waals surface area contributed by atoms with Gasteiger partial charge in [-0.2, -0.15) is 0 Å². The molecule has 0 bridgehead atoms. The van der Waals surface area contributed by atoms with Crippen LogP contribution in [-0.2, 0) is 5.41 Å². The molecule has 5 nitrogen and oxygen atoms in total. The van der Waals surface area contributed by atoms with E-state index in [4.69, 9.17) is 17.3 Å². The van der Waals surface area contributed by atoms with Crippen LogP contribution in [0.1, 0.15) is 31.2 Å². The Morgan fingerprint density at radius 3 is 2.38 bits per heavy atom. The van der Waals surface area contributed by atoms with Gasteiger partial charge in [0, 0.05) is 61.6 Å². The molecule has 0 spiro atoms. The molecule has 2 heterocycles. The standard InChI is InChI=1S/C21H28ClN5.2ClH/c22-18-3-1-2-17(14-18)21(16-23)6-4-19(5-7-21)26-10-12-27(13-11-26)20-15-24-8-9-25-20;;/h1-3,8-9,14-15,19H,4-7,10-13,16,23H2;2*1H/t19-,21+;;. The van der Waals surface area contributed by atoms with Gasteiger partial charge in [-0.05, 0) is 43.4 Å². The normalized spacial score (nSPS) is 25.0. The number of hydrogen-bond donors (Lipinski definition) is 1. The molecule has 2 fully saturated rings. The van der Waals surface area contributed by atoms with Crippen molar-refractivity contribution in [2.45, 2.75) is 37.1 Å². The Balaban J connectivity index is 0.00000150. The third-order valence-electron chi connectivity index (χ3n) is 6.44. The molecule has 2 aliphatic rings. The van der Waals surface area contributed by atoms with Crippen LogP contribution in [0.25, 0.3) is 0 Å². The quantitative estimate of drug-likeness (QED) is 0.752. The van der Waals surface area contributed by atoms with Crippen molar-refractivity contribution in [1.29, 1.82) is 0 Å². The molecular weight excluding hydrogens is 429 g/mol. The molecule has 0 radical (unpaired) electrons. The summed E-state index contributed by atoms with van der Waals surface area (Å²) in [5.74, 6) is 0.990. The highest BCUT2D eigenvalue weighted by Crippen LogP contribution is 2.41. The Hall–Kier alpha value is -1.11. The van der Waals surface area contributed by atoms with E-state index in [1.807, 2.05) is 18.3 Å². The van der Waals surface area contributed by atoms with Crippen LogP contribution in [0.3, 0.4) is 0 Å². The van der Waals surface area contributed by atoms with Crippen LogP contribution in [0.5, 0.6) is 0 Å². The van der Waals surface area contributed by atoms with Crippen LogP contribution < -0.4 is 10.6 Å². The van der Waals surface area contributed by atoms with E-state index in [1.165, 1.54) is 18.4 Å². The topological polar surface area (TPSA) is 58.3 Å². The van der Waals surface area contributed by atoms with Crippen molar-refractivity contribution in [1.82, 2.24) is 14.9 Å². The molecular formula is C21H30Cl3N5. The molecule has 0 unspecified atom stereocenters. The molecule has 2 N–H and O–H groups in total. The maximum absolute atomic E-state index is 6.25. The number of nitrogens with zero attached hydrogens (tertiary/aromatic N) is 4. The van der Waals surface area contributed by atoms with E-state index >= 15 is 0 Å². The summed E-state index contributed by atoms with van der Waals surface area (Å²) in [7, 11) is 0. The monoisotopic (exact) mass is 457 g/mol. The molecule has 160 valence electrons. The lowest BCUT2D eigenvalue weighted by molar-refractivity contribution is 0.118. The van der Waals surface area contributed by atoms with Crippen molar-refractivity contribution in [3.63, 3.8) is 0 Å². The number of halogens is 3. The van der Waals surface area contributed by atoms with Gasteiger partial charge in [-0.3, -0.25) is 9.88 Å². The van der Waals surface area contributed by atoms with Gasteiger partial charge in [0.25, 0.3) is 0 Å². The van der Waals surface area contributed by atoms with Crippen molar-refractivity contribution >= 4 is 42.2 Å². The maximum Gasteiger partial charge on any atom is 0.147 e. The van der Waals surface area contributed by atoms with Gasteiger partial charge in [-0.1, -0.05) is 23.7 Å². The second kappa shape index (κ2) is 10.8. The van der Waals surface area contributed by atoms with Crippen molar-refractivity contribution in [3.05, 3.63) is 53.4 Å². The summed E-state index contributed by atoms with van der Waals surface area (Å²) in [6.45, 7) is 4.92. The molecule has 0 amide bonds. The average molecular weight is 459 g/mol. The van der Waals surface area contributed by atoms with Crippen molar-refractivity contribution in [3.8, 4) is 0 Å². The number of anilines is 1. The first-order valence-electron chi connectivity index (χ1n) is 9.91. The van der Waals surface area contributed by atoms with Gasteiger partial charge in [0.1, 0.15) is 5.82 Å². The highest BCUT2D eigenvalue weighted by Gasteiger charge is 2.38. The smallest absolute Gasteiger partial charge is 0.147 e. The Morgan fingerprint density at radius 1 is 1.07 bits per heavy atom. The van der Waals surface area contributed by atoms with E-state index < -0.39 is 0 Å². The van der Waals surface area contributed by atoms with Gasteiger partial charge in [0.15, 0.2) is 0 Å². The first kappa shape index (κ1) is 24.2. The van der Waals surface area contributed by atoms with Crippen molar-refractivity contribution in [2.24, 2.45) is 5.73 Å². The minimum Gasteiger partial charge on any atom is -0.353 e. The highest BCUT2D eigenvalue weighted by atomic mass is 35.5. The molecule has 1 aliphatic carbocycles. The van der Waals surface area contributed by atoms with Gasteiger partial charge in [-0.25, -0.2) is 4.98 Å². The predicted molar refractivity (Wildman–Crippen MR) is 125 cm³/mol. The lowest BCUT2D eigenvalue weighted by atomic mass is 9.68. The molecule has 29 heavy (non-hydrogen) atoms. The zero-order chi connectivity index (χ0) is 18.7. The SMILES string of the molecule is Cl.Cl.NC[C@]1(c2cccc(Cl)c2)CC[C@@H](N2CCN(c3cnccn3)CC2)CC1. The van der Waals surface area contributed by atoms with Crippen LogP contribution in [0.4, 0.5) is 5.82 Å². The van der Waals surface area contributed by atoms with Crippen LogP contribution in [0.15, 0.2) is 42.9 Å². The second-order valence-electron chi connectivity index (χ2n) is 7.81. The fourth-order valence-corrected chi connectivity index (χ4v) is 4.91. The van der Waals surface area contributed by atoms with E-state index in [-0.39, 0.29) is 30.2 Å². The average Bonchev–Trinajstić information content (AvgIpc) is 2.75. The van der Waals surface area contributed by atoms with Crippen LogP contribution >= 0.6 is 36.4 Å². The summed E-state index contributed by atoms with van der Waals surface area (Å²) >= 11 is 6.23. The number of hydrogen-bond acceptors (Lipinski definition) is 5. The molecule has 1 aliphatic heterocycles. The summed E-state index contributed by atoms with van der Waals surface area (Å²) in [5.41, 5.74) is 7.65. The van der Waals surface area contributed by atoms with Crippen LogP contribution in [-0.4, -0.2) is 53.6 Å². The van der Waals surface area contributed by atoms with Crippen molar-refractivity contribution < 1.29 is 0 Å². The van der Waals surface area contributed by atoms with E-state index in [1.54, 1.807) is 12.4 Å². The molecule has 2 aromatic rings. The highest BCUT2D eigenvalue weighted by molar-refractivity contribution is 6.30. The number of aromatic nitrogens is 2. The summed E-state index contributed by atoms with van der Waals surface area (Å²) in [4.78, 5) is 13.6. The Labute approximate surface area is 190 Å². The van der Waals surface area contributed by atoms with Gasteiger partial charge in [0.05, 0.1) is 6.20 Å². The molecule has 4 rings (SSSR count). The zero-order valence-corrected chi connectivity index (χ0v) is 18.9. The fourth-order valence-electron chi connectivity index (χ4n) is 4.72. The molecule has 1 aromatic heterocycles. The minimum absolute atomic E-state index is 0. The molecule has 1 aromatic carbocycles. The fraction of sp³-hybridized carbons (Fsp3) is 0.524. The Kier molecular flexibility index (Phi) is 8.98. The number of rotatable bonds is 4. The van der Waals surface area contributed by atoms with Crippen LogP contribution in [0.2, 0.25) is 5.02 Å². The number of piperazine rings is 1. The molecule has 1 saturated heterocycles. The number of nitrogens with two attached hydrogens (primary N) is 1. The Bertz CT molecular complexity index is 745. The third-order valence-corrected chi connectivity index (χ3v) is 6.68. The summed E-state index contributed by atoms with van der Waals surface area (Å²) in [5, 5.41) is 0.808. The summed E-state index contributed by atoms with van der Waals surface area (Å²) in [6.07, 6.45) is 10.0. The van der Waals surface area contributed by atoms with E-state index in [0.717, 1.165) is 49.9 Å².